The van der Waals surface area contributed by atoms with Crippen LogP contribution in [-0.2, 0) is 9.59 Å². The number of hydrogen-bond acceptors (Lipinski definition) is 3. The molecule has 0 saturated heterocycles. The molecule has 0 aliphatic heterocycles. The van der Waals surface area contributed by atoms with Crippen LogP contribution >= 0.6 is 9.24 Å². The van der Waals surface area contributed by atoms with Gasteiger partial charge in [-0.2, -0.15) is 0 Å². The number of H-pyrrole nitrogens is 1. The van der Waals surface area contributed by atoms with Crippen LogP contribution in [0.5, 0.6) is 0 Å². The zero-order valence-corrected chi connectivity index (χ0v) is 18.0. The van der Waals surface area contributed by atoms with Gasteiger partial charge in [-0.05, 0) is 18.6 Å². The van der Waals surface area contributed by atoms with Crippen molar-refractivity contribution in [2.24, 2.45) is 5.73 Å². The van der Waals surface area contributed by atoms with E-state index in [9.17, 15) is 14.4 Å². The van der Waals surface area contributed by atoms with Crippen LogP contribution < -0.4 is 16.4 Å². The lowest BCUT2D eigenvalue weighted by atomic mass is 10.0. The highest BCUT2D eigenvalue weighted by molar-refractivity contribution is 7.19. The summed E-state index contributed by atoms with van der Waals surface area (Å²) in [7, 11) is 2.20. The summed E-state index contributed by atoms with van der Waals surface area (Å²) >= 11 is 0. The van der Waals surface area contributed by atoms with E-state index < -0.39 is 23.6 Å². The molecular weight excluding hydrogens is 387 g/mol. The molecule has 158 valence electrons. The van der Waals surface area contributed by atoms with Gasteiger partial charge in [-0.3, -0.25) is 14.4 Å². The molecular formula is C21H31N4O3P. The second-order valence-electron chi connectivity index (χ2n) is 7.24. The van der Waals surface area contributed by atoms with Gasteiger partial charge in [0.25, 0.3) is 5.91 Å². The van der Waals surface area contributed by atoms with Gasteiger partial charge in [-0.25, -0.2) is 0 Å². The first kappa shape index (κ1) is 22.9. The lowest BCUT2D eigenvalue weighted by molar-refractivity contribution is -0.126. The minimum Gasteiger partial charge on any atom is -0.368 e. The molecule has 0 spiro atoms. The molecule has 7 nitrogen and oxygen atoms in total. The van der Waals surface area contributed by atoms with Gasteiger partial charge in [0.05, 0.1) is 0 Å². The lowest BCUT2D eigenvalue weighted by Gasteiger charge is -2.20. The number of fused-ring (bicyclic) bond motifs is 1. The first-order valence-corrected chi connectivity index (χ1v) is 10.8. The Labute approximate surface area is 173 Å². The van der Waals surface area contributed by atoms with Gasteiger partial charge in [-0.15, -0.1) is 9.24 Å². The molecule has 5 N–H and O–H groups in total. The zero-order chi connectivity index (χ0) is 21.2. The first-order valence-electron chi connectivity index (χ1n) is 10.2. The van der Waals surface area contributed by atoms with Gasteiger partial charge < -0.3 is 21.4 Å². The Kier molecular flexibility index (Phi) is 9.13. The summed E-state index contributed by atoms with van der Waals surface area (Å²) in [5, 5.41) is 6.27. The number of aromatic nitrogens is 1. The molecule has 0 fully saturated rings. The molecule has 0 aliphatic carbocycles. The summed E-state index contributed by atoms with van der Waals surface area (Å²) in [6, 6.07) is 8.61. The van der Waals surface area contributed by atoms with E-state index in [1.54, 1.807) is 6.07 Å². The molecule has 1 aromatic heterocycles. The average molecular weight is 418 g/mol. The summed E-state index contributed by atoms with van der Waals surface area (Å²) in [5.74, 6) is -2.29. The minimum atomic E-state index is -0.875. The topological polar surface area (TPSA) is 117 Å². The van der Waals surface area contributed by atoms with Crippen LogP contribution in [0.15, 0.2) is 30.3 Å². The normalized spacial score (nSPS) is 13.0. The maximum Gasteiger partial charge on any atom is 0.268 e. The molecule has 0 radical (unpaired) electrons. The molecule has 8 heteroatoms. The number of benzene rings is 1. The quantitative estimate of drug-likeness (QED) is 0.314. The smallest absolute Gasteiger partial charge is 0.268 e. The molecule has 2 unspecified atom stereocenters. The van der Waals surface area contributed by atoms with E-state index in [4.69, 9.17) is 5.73 Å². The number of aromatic amines is 1. The van der Waals surface area contributed by atoms with Crippen molar-refractivity contribution in [3.63, 3.8) is 0 Å². The van der Waals surface area contributed by atoms with Gasteiger partial charge in [-0.1, -0.05) is 63.6 Å². The maximum atomic E-state index is 12.7. The van der Waals surface area contributed by atoms with Crippen molar-refractivity contribution in [2.45, 2.75) is 63.7 Å². The molecule has 0 saturated carbocycles. The monoisotopic (exact) mass is 418 g/mol. The van der Waals surface area contributed by atoms with Crippen LogP contribution in [-0.4, -0.2) is 34.5 Å². The number of primary amides is 1. The van der Waals surface area contributed by atoms with Crippen LogP contribution in [0.2, 0.25) is 0 Å². The third-order valence-corrected chi connectivity index (χ3v) is 5.34. The number of carbonyl (C=O) groups is 3. The predicted molar refractivity (Wildman–Crippen MR) is 118 cm³/mol. The Morgan fingerprint density at radius 2 is 1.76 bits per heavy atom. The van der Waals surface area contributed by atoms with Crippen molar-refractivity contribution >= 4 is 37.9 Å². The van der Waals surface area contributed by atoms with E-state index in [0.29, 0.717) is 12.1 Å². The molecule has 0 bridgehead atoms. The van der Waals surface area contributed by atoms with Gasteiger partial charge in [0, 0.05) is 10.9 Å². The molecule has 1 aromatic carbocycles. The van der Waals surface area contributed by atoms with Crippen LogP contribution in [0, 0.1) is 0 Å². The van der Waals surface area contributed by atoms with E-state index in [-0.39, 0.29) is 5.91 Å². The lowest BCUT2D eigenvalue weighted by Crippen LogP contribution is -2.51. The molecule has 1 heterocycles. The number of unbranched alkanes of at least 4 members (excludes halogenated alkanes) is 5. The summed E-state index contributed by atoms with van der Waals surface area (Å²) in [6.07, 6.45) is 6.96. The third-order valence-electron chi connectivity index (χ3n) is 4.85. The maximum absolute atomic E-state index is 12.7. The van der Waals surface area contributed by atoms with Crippen LogP contribution in [0.3, 0.4) is 0 Å². The first-order chi connectivity index (χ1) is 13.9. The number of nitrogens with two attached hydrogens (primary N) is 1. The van der Waals surface area contributed by atoms with E-state index in [0.717, 1.165) is 30.2 Å². The van der Waals surface area contributed by atoms with Crippen LogP contribution in [0.25, 0.3) is 10.9 Å². The fraction of sp³-hybridized carbons (Fsp3) is 0.476. The fourth-order valence-electron chi connectivity index (χ4n) is 3.15. The number of carbonyl (C=O) groups excluding carboxylic acids is 3. The van der Waals surface area contributed by atoms with Crippen molar-refractivity contribution in [3.05, 3.63) is 36.0 Å². The third kappa shape index (κ3) is 7.17. The largest absolute Gasteiger partial charge is 0.368 e. The van der Waals surface area contributed by atoms with E-state index >= 15 is 0 Å². The number of rotatable bonds is 12. The Morgan fingerprint density at radius 1 is 1.07 bits per heavy atom. The Morgan fingerprint density at radius 3 is 2.45 bits per heavy atom. The number of amides is 3. The van der Waals surface area contributed by atoms with Crippen molar-refractivity contribution in [2.75, 3.05) is 0 Å². The van der Waals surface area contributed by atoms with Gasteiger partial charge in [0.2, 0.25) is 11.8 Å². The Balaban J connectivity index is 2.01. The second kappa shape index (κ2) is 11.6. The van der Waals surface area contributed by atoms with Crippen molar-refractivity contribution < 1.29 is 14.4 Å². The summed E-state index contributed by atoms with van der Waals surface area (Å²) < 4.78 is 0. The summed E-state index contributed by atoms with van der Waals surface area (Å²) in [6.45, 7) is 2.16. The van der Waals surface area contributed by atoms with E-state index in [2.05, 4.69) is 31.8 Å². The van der Waals surface area contributed by atoms with Gasteiger partial charge in [0.1, 0.15) is 17.5 Å². The standard InChI is InChI=1S/C21H31N4O3P/c1-2-3-4-5-6-7-12-16(19(27)25-21(29)18(22)26)24-20(28)17-13-14-10-8-9-11-15(14)23-17/h8-11,13,16,21,23H,2-7,12,29H2,1H3,(H2,22,26)(H,24,28)(H,25,27)/t16-,21?/m0/s1. The van der Waals surface area contributed by atoms with Gasteiger partial charge >= 0.3 is 0 Å². The minimum absolute atomic E-state index is 0.355. The molecule has 2 aromatic rings. The van der Waals surface area contributed by atoms with Crippen LogP contribution in [0.1, 0.15) is 62.4 Å². The fourth-order valence-corrected chi connectivity index (χ4v) is 3.32. The SMILES string of the molecule is CCCCCCCC[C@H](NC(=O)c1cc2ccccc2[nH]1)C(=O)NC(P)C(N)=O. The average Bonchev–Trinajstić information content (AvgIpc) is 3.13. The summed E-state index contributed by atoms with van der Waals surface area (Å²) in [5.41, 5.74) is 6.47. The van der Waals surface area contributed by atoms with E-state index in [1.165, 1.54) is 19.3 Å². The molecule has 3 atom stereocenters. The molecule has 2 rings (SSSR count). The highest BCUT2D eigenvalue weighted by Gasteiger charge is 2.24. The Hall–Kier alpha value is -2.40. The van der Waals surface area contributed by atoms with Crippen LogP contribution in [0.4, 0.5) is 0 Å². The summed E-state index contributed by atoms with van der Waals surface area (Å²) in [4.78, 5) is 39.6. The highest BCUT2D eigenvalue weighted by atomic mass is 31.0. The number of hydrogen-bond donors (Lipinski definition) is 4. The van der Waals surface area contributed by atoms with Gasteiger partial charge in [0.15, 0.2) is 0 Å². The van der Waals surface area contributed by atoms with Crippen molar-refractivity contribution in [1.82, 2.24) is 15.6 Å². The van der Waals surface area contributed by atoms with Crippen molar-refractivity contribution in [1.29, 1.82) is 0 Å². The van der Waals surface area contributed by atoms with E-state index in [1.807, 2.05) is 24.3 Å². The number of para-hydroxylation sites is 1. The zero-order valence-electron chi connectivity index (χ0n) is 16.9. The predicted octanol–water partition coefficient (Wildman–Crippen LogP) is 2.82. The molecule has 29 heavy (non-hydrogen) atoms. The second-order valence-corrected chi connectivity index (χ2v) is 7.91. The number of nitrogens with one attached hydrogen (secondary N) is 3. The molecule has 0 aliphatic rings. The molecule has 3 amide bonds. The Bertz CT molecular complexity index is 803. The highest BCUT2D eigenvalue weighted by Crippen LogP contribution is 2.15. The van der Waals surface area contributed by atoms with Crippen molar-refractivity contribution in [3.8, 4) is 0 Å².